The minimum Gasteiger partial charge on any atom is -0.389 e. The van der Waals surface area contributed by atoms with Crippen molar-refractivity contribution in [3.05, 3.63) is 36.4 Å². The summed E-state index contributed by atoms with van der Waals surface area (Å²) in [5.74, 6) is 6.57. The molecular formula is C21H21N7O3. The second-order valence-electron chi connectivity index (χ2n) is 7.91. The third-order valence-corrected chi connectivity index (χ3v) is 6.27. The molecular weight excluding hydrogens is 398 g/mol. The Morgan fingerprint density at radius 2 is 1.97 bits per heavy atom. The van der Waals surface area contributed by atoms with Gasteiger partial charge in [-0.05, 0) is 44.1 Å². The van der Waals surface area contributed by atoms with Gasteiger partial charge in [0.15, 0.2) is 17.0 Å². The first kappa shape index (κ1) is 19.5. The van der Waals surface area contributed by atoms with Gasteiger partial charge in [0.2, 0.25) is 11.6 Å². The summed E-state index contributed by atoms with van der Waals surface area (Å²) in [6.07, 6.45) is 3.11. The highest BCUT2D eigenvalue weighted by molar-refractivity contribution is 5.88. The van der Waals surface area contributed by atoms with Gasteiger partial charge in [0.05, 0.1) is 23.9 Å². The van der Waals surface area contributed by atoms with E-state index in [0.717, 1.165) is 0 Å². The van der Waals surface area contributed by atoms with Crippen LogP contribution in [-0.4, -0.2) is 64.2 Å². The second-order valence-corrected chi connectivity index (χ2v) is 7.91. The highest BCUT2D eigenvalue weighted by Gasteiger charge is 2.74. The normalized spacial score (nSPS) is 28.6. The monoisotopic (exact) mass is 419 g/mol. The molecule has 10 nitrogen and oxygen atoms in total. The molecule has 0 spiro atoms. The van der Waals surface area contributed by atoms with Crippen LogP contribution in [-0.2, 0) is 4.79 Å². The summed E-state index contributed by atoms with van der Waals surface area (Å²) in [4.78, 5) is 33.8. The number of Topliss-reactive ketones (excluding diaryl/α,β-unsaturated/α-hetero) is 1. The molecule has 158 valence electrons. The van der Waals surface area contributed by atoms with Crippen LogP contribution in [0.1, 0.15) is 38.0 Å². The Balaban J connectivity index is 1.60. The number of hydrogen-bond acceptors (Lipinski definition) is 9. The van der Waals surface area contributed by atoms with Crippen molar-refractivity contribution in [2.45, 2.75) is 38.5 Å². The molecule has 2 saturated carbocycles. The summed E-state index contributed by atoms with van der Waals surface area (Å²) in [5.41, 5.74) is 0.128. The molecule has 0 amide bonds. The number of carbonyl (C=O) groups is 1. The van der Waals surface area contributed by atoms with Crippen LogP contribution in [0, 0.1) is 23.2 Å². The first-order chi connectivity index (χ1) is 15.0. The fourth-order valence-corrected chi connectivity index (χ4v) is 4.73. The molecule has 5 atom stereocenters. The van der Waals surface area contributed by atoms with Crippen molar-refractivity contribution >= 4 is 22.8 Å². The quantitative estimate of drug-likeness (QED) is 0.510. The molecule has 0 aromatic carbocycles. The fourth-order valence-electron chi connectivity index (χ4n) is 4.73. The number of ketones is 1. The third kappa shape index (κ3) is 2.89. The molecule has 0 aliphatic heterocycles. The summed E-state index contributed by atoms with van der Waals surface area (Å²) in [6, 6.07) is 1.20. The molecule has 5 rings (SSSR count). The zero-order valence-corrected chi connectivity index (χ0v) is 17.0. The minimum atomic E-state index is -1.11. The van der Waals surface area contributed by atoms with Gasteiger partial charge in [-0.15, -0.1) is 0 Å². The predicted molar refractivity (Wildman–Crippen MR) is 110 cm³/mol. The van der Waals surface area contributed by atoms with Crippen molar-refractivity contribution in [2.75, 3.05) is 11.9 Å². The average Bonchev–Trinajstić information content (AvgIpc) is 3.31. The Morgan fingerprint density at radius 1 is 1.23 bits per heavy atom. The smallest absolute Gasteiger partial charge is 0.209 e. The van der Waals surface area contributed by atoms with Gasteiger partial charge in [0.1, 0.15) is 11.9 Å². The number of fused-ring (bicyclic) bond motifs is 2. The van der Waals surface area contributed by atoms with Crippen LogP contribution in [0.3, 0.4) is 0 Å². The minimum absolute atomic E-state index is 0.103. The average molecular weight is 419 g/mol. The molecule has 0 saturated heterocycles. The van der Waals surface area contributed by atoms with Crippen LogP contribution < -0.4 is 5.32 Å². The molecule has 0 radical (unpaired) electrons. The number of carbonyl (C=O) groups excluding carboxylic acids is 1. The van der Waals surface area contributed by atoms with Gasteiger partial charge >= 0.3 is 0 Å². The van der Waals surface area contributed by atoms with E-state index in [2.05, 4.69) is 42.1 Å². The molecule has 3 heterocycles. The van der Waals surface area contributed by atoms with E-state index in [1.54, 1.807) is 29.4 Å². The number of imidazole rings is 1. The Bertz CT molecular complexity index is 1230. The van der Waals surface area contributed by atoms with Gasteiger partial charge in [-0.2, -0.15) is 0 Å². The Morgan fingerprint density at radius 3 is 2.65 bits per heavy atom. The van der Waals surface area contributed by atoms with Crippen LogP contribution in [0.15, 0.2) is 24.8 Å². The summed E-state index contributed by atoms with van der Waals surface area (Å²) in [5, 5.41) is 24.5. The van der Waals surface area contributed by atoms with Gasteiger partial charge in [0.25, 0.3) is 0 Å². The number of nitrogens with zero attached hydrogens (tertiary/aromatic N) is 6. The lowest BCUT2D eigenvalue weighted by atomic mass is 9.95. The lowest BCUT2D eigenvalue weighted by molar-refractivity contribution is -0.128. The predicted octanol–water partition coefficient (Wildman–Crippen LogP) is 0.320. The number of aliphatic hydroxyl groups excluding tert-OH is 2. The van der Waals surface area contributed by atoms with E-state index >= 15 is 0 Å². The summed E-state index contributed by atoms with van der Waals surface area (Å²) in [6.45, 7) is 4.03. The summed E-state index contributed by atoms with van der Waals surface area (Å²) in [7, 11) is 0. The molecule has 3 aromatic rings. The molecule has 2 aliphatic carbocycles. The lowest BCUT2D eigenvalue weighted by Gasteiger charge is -2.23. The van der Waals surface area contributed by atoms with Gasteiger partial charge in [-0.1, -0.05) is 0 Å². The van der Waals surface area contributed by atoms with Crippen molar-refractivity contribution in [2.24, 2.45) is 11.3 Å². The number of nitrogens with one attached hydrogen (secondary N) is 1. The fraction of sp³-hybridized carbons (Fsp3) is 0.429. The van der Waals surface area contributed by atoms with Crippen LogP contribution in [0.2, 0.25) is 0 Å². The van der Waals surface area contributed by atoms with Crippen LogP contribution >= 0.6 is 0 Å². The largest absolute Gasteiger partial charge is 0.389 e. The Hall–Kier alpha value is -3.42. The molecule has 10 heteroatoms. The number of aromatic nitrogens is 6. The molecule has 31 heavy (non-hydrogen) atoms. The van der Waals surface area contributed by atoms with Crippen molar-refractivity contribution < 1.29 is 15.0 Å². The van der Waals surface area contributed by atoms with E-state index in [0.29, 0.717) is 35.8 Å². The van der Waals surface area contributed by atoms with E-state index in [1.165, 1.54) is 6.92 Å². The van der Waals surface area contributed by atoms with Crippen molar-refractivity contribution in [1.82, 2.24) is 29.5 Å². The van der Waals surface area contributed by atoms with Gasteiger partial charge < -0.3 is 20.1 Å². The van der Waals surface area contributed by atoms with E-state index < -0.39 is 23.7 Å². The van der Waals surface area contributed by atoms with Gasteiger partial charge in [-0.25, -0.2) is 24.9 Å². The topological polar surface area (TPSA) is 139 Å². The molecule has 3 aromatic heterocycles. The maximum absolute atomic E-state index is 12.2. The lowest BCUT2D eigenvalue weighted by Crippen LogP contribution is -2.36. The van der Waals surface area contributed by atoms with Crippen molar-refractivity contribution in [3.8, 4) is 11.8 Å². The molecule has 2 aliphatic rings. The highest BCUT2D eigenvalue weighted by Crippen LogP contribution is 2.68. The summed E-state index contributed by atoms with van der Waals surface area (Å²) >= 11 is 0. The van der Waals surface area contributed by atoms with Gasteiger partial charge in [0, 0.05) is 18.9 Å². The Kier molecular flexibility index (Phi) is 4.46. The second kappa shape index (κ2) is 7.08. The van der Waals surface area contributed by atoms with E-state index in [4.69, 9.17) is 0 Å². The zero-order valence-electron chi connectivity index (χ0n) is 17.0. The number of rotatable bonds is 4. The number of hydrogen-bond donors (Lipinski definition) is 3. The molecule has 2 unspecified atom stereocenters. The summed E-state index contributed by atoms with van der Waals surface area (Å²) < 4.78 is 1.73. The first-order valence-electron chi connectivity index (χ1n) is 10.1. The molecule has 2 fully saturated rings. The number of anilines is 1. The molecule has 0 bridgehead atoms. The SMILES string of the molecule is CCNc1nc(C#Cc2ncccn2)nc2c1ncn2[C@@H]1C2C[C@@]2(C(C)=O)C(O)[C@H]1O. The van der Waals surface area contributed by atoms with Crippen LogP contribution in [0.4, 0.5) is 5.82 Å². The first-order valence-corrected chi connectivity index (χ1v) is 10.1. The maximum Gasteiger partial charge on any atom is 0.209 e. The van der Waals surface area contributed by atoms with Crippen molar-refractivity contribution in [3.63, 3.8) is 0 Å². The highest BCUT2D eigenvalue weighted by atomic mass is 16.3. The standard InChI is InChI=1S/C21H21N7O3/c1-3-22-19-15-20(27-14(26-19)6-5-13-23-7-4-8-24-13)28(10-25-15)16-12-9-21(12,11(2)29)18(31)17(16)30/h4,7-8,10,12,16-18,30-31H,3,9H2,1-2H3,(H,22,26,27)/t12?,16-,17+,18?,21+/m1/s1. The van der Waals surface area contributed by atoms with E-state index in [9.17, 15) is 15.0 Å². The third-order valence-electron chi connectivity index (χ3n) is 6.27. The van der Waals surface area contributed by atoms with E-state index in [-0.39, 0.29) is 17.5 Å². The maximum atomic E-state index is 12.2. The number of aliphatic hydroxyl groups is 2. The molecule has 3 N–H and O–H groups in total. The zero-order chi connectivity index (χ0) is 21.8. The van der Waals surface area contributed by atoms with Crippen molar-refractivity contribution in [1.29, 1.82) is 0 Å². The van der Waals surface area contributed by atoms with Gasteiger partial charge in [-0.3, -0.25) is 4.79 Å². The Labute approximate surface area is 177 Å². The van der Waals surface area contributed by atoms with E-state index in [1.807, 2.05) is 6.92 Å². The van der Waals surface area contributed by atoms with Crippen LogP contribution in [0.5, 0.6) is 0 Å². The van der Waals surface area contributed by atoms with Crippen LogP contribution in [0.25, 0.3) is 11.2 Å².